The summed E-state index contributed by atoms with van der Waals surface area (Å²) in [4.78, 5) is 30.6. The summed E-state index contributed by atoms with van der Waals surface area (Å²) in [6.45, 7) is 9.39. The molecule has 0 amide bonds. The maximum atomic E-state index is 14.1. The molecule has 3 aliphatic rings. The summed E-state index contributed by atoms with van der Waals surface area (Å²) >= 11 is 0. The van der Waals surface area contributed by atoms with Gasteiger partial charge in [-0.05, 0) is 64.6 Å². The fourth-order valence-corrected chi connectivity index (χ4v) is 7.11. The molecular formula is C38H40FNO4. The van der Waals surface area contributed by atoms with Gasteiger partial charge in [-0.2, -0.15) is 0 Å². The molecule has 0 atom stereocenters. The zero-order valence-corrected chi connectivity index (χ0v) is 26.2. The number of carbonyl (C=O) groups is 2. The van der Waals surface area contributed by atoms with Crippen molar-refractivity contribution < 1.29 is 23.5 Å². The lowest BCUT2D eigenvalue weighted by Crippen LogP contribution is -2.44. The van der Waals surface area contributed by atoms with Crippen LogP contribution in [-0.4, -0.2) is 23.6 Å². The summed E-state index contributed by atoms with van der Waals surface area (Å²) in [6, 6.07) is 22.2. The zero-order chi connectivity index (χ0) is 31.2. The minimum Gasteiger partial charge on any atom is -0.493 e. The predicted molar refractivity (Wildman–Crippen MR) is 169 cm³/mol. The molecular weight excluding hydrogens is 553 g/mol. The van der Waals surface area contributed by atoms with Crippen molar-refractivity contribution in [2.24, 2.45) is 10.8 Å². The molecule has 0 unspecified atom stereocenters. The van der Waals surface area contributed by atoms with Gasteiger partial charge in [-0.3, -0.25) is 9.59 Å². The van der Waals surface area contributed by atoms with Crippen LogP contribution in [-0.2, 0) is 22.7 Å². The number of benzene rings is 3. The number of methoxy groups -OCH3 is 1. The molecule has 3 aromatic carbocycles. The van der Waals surface area contributed by atoms with Crippen LogP contribution in [0.3, 0.4) is 0 Å². The highest BCUT2D eigenvalue weighted by Crippen LogP contribution is 2.55. The Kier molecular flexibility index (Phi) is 7.73. The van der Waals surface area contributed by atoms with Crippen molar-refractivity contribution in [3.05, 3.63) is 118 Å². The van der Waals surface area contributed by atoms with Gasteiger partial charge in [0.05, 0.1) is 7.11 Å². The molecule has 0 saturated heterocycles. The van der Waals surface area contributed by atoms with Crippen molar-refractivity contribution in [1.29, 1.82) is 0 Å². The Morgan fingerprint density at radius 2 is 1.36 bits per heavy atom. The van der Waals surface area contributed by atoms with E-state index in [9.17, 15) is 14.0 Å². The Bertz CT molecular complexity index is 1630. The topological polar surface area (TPSA) is 55.8 Å². The molecule has 5 nitrogen and oxygen atoms in total. The lowest BCUT2D eigenvalue weighted by Gasteiger charge is -2.49. The number of nitrogens with zero attached hydrogens (tertiary/aromatic N) is 1. The molecule has 0 saturated carbocycles. The standard InChI is InChI=1S/C38H40FNO4/c1-37(2)18-28-35(30(41)20-37)34(26-14-15-32(33(17-26)43-5)44-23-25-12-9-13-27(39)16-25)36-29(19-38(3,4)21-31(36)42)40(28)22-24-10-7-6-8-11-24/h6-17,34H,18-23H2,1-5H3. The van der Waals surface area contributed by atoms with E-state index in [1.54, 1.807) is 13.2 Å². The maximum Gasteiger partial charge on any atom is 0.162 e. The van der Waals surface area contributed by atoms with E-state index in [4.69, 9.17) is 9.47 Å². The van der Waals surface area contributed by atoms with Crippen LogP contribution in [0.25, 0.3) is 0 Å². The highest BCUT2D eigenvalue weighted by Gasteiger charge is 2.49. The van der Waals surface area contributed by atoms with Crippen LogP contribution < -0.4 is 9.47 Å². The molecule has 0 radical (unpaired) electrons. The summed E-state index contributed by atoms with van der Waals surface area (Å²) in [5, 5.41) is 0. The molecule has 0 fully saturated rings. The van der Waals surface area contributed by atoms with Crippen LogP contribution in [0, 0.1) is 16.6 Å². The second-order valence-corrected chi connectivity index (χ2v) is 13.9. The summed E-state index contributed by atoms with van der Waals surface area (Å²) in [5.41, 5.74) is 5.77. The third-order valence-electron chi connectivity index (χ3n) is 9.01. The Labute approximate surface area is 259 Å². The minimum atomic E-state index is -0.481. The van der Waals surface area contributed by atoms with E-state index in [1.807, 2.05) is 42.5 Å². The molecule has 6 heteroatoms. The van der Waals surface area contributed by atoms with Crippen molar-refractivity contribution >= 4 is 11.6 Å². The molecule has 2 aliphatic carbocycles. The average molecular weight is 594 g/mol. The Hall–Kier alpha value is -4.19. The van der Waals surface area contributed by atoms with E-state index >= 15 is 0 Å². The van der Waals surface area contributed by atoms with E-state index in [0.717, 1.165) is 46.5 Å². The first-order chi connectivity index (χ1) is 20.9. The quantitative estimate of drug-likeness (QED) is 0.276. The zero-order valence-electron chi connectivity index (χ0n) is 26.2. The third kappa shape index (κ3) is 5.82. The van der Waals surface area contributed by atoms with Gasteiger partial charge in [0.1, 0.15) is 12.4 Å². The number of allylic oxidation sites excluding steroid dienone is 4. The van der Waals surface area contributed by atoms with Gasteiger partial charge in [-0.1, -0.05) is 76.2 Å². The second-order valence-electron chi connectivity index (χ2n) is 13.9. The van der Waals surface area contributed by atoms with Crippen LogP contribution in [0.4, 0.5) is 4.39 Å². The van der Waals surface area contributed by atoms with Gasteiger partial charge in [0.2, 0.25) is 0 Å². The second kappa shape index (κ2) is 11.4. The minimum absolute atomic E-state index is 0.0916. The number of rotatable bonds is 7. The number of hydrogen-bond acceptors (Lipinski definition) is 5. The lowest BCUT2D eigenvalue weighted by molar-refractivity contribution is -0.119. The molecule has 0 spiro atoms. The molecule has 0 N–H and O–H groups in total. The molecule has 0 bridgehead atoms. The molecule has 44 heavy (non-hydrogen) atoms. The monoisotopic (exact) mass is 593 g/mol. The Morgan fingerprint density at radius 3 is 1.95 bits per heavy atom. The normalized spacial score (nSPS) is 19.5. The van der Waals surface area contributed by atoms with Crippen molar-refractivity contribution in [3.63, 3.8) is 0 Å². The van der Waals surface area contributed by atoms with E-state index in [-0.39, 0.29) is 34.8 Å². The van der Waals surface area contributed by atoms with E-state index in [2.05, 4.69) is 44.7 Å². The van der Waals surface area contributed by atoms with E-state index < -0.39 is 5.92 Å². The first-order valence-corrected chi connectivity index (χ1v) is 15.3. The molecule has 1 aliphatic heterocycles. The maximum absolute atomic E-state index is 14.1. The number of hydrogen-bond donors (Lipinski definition) is 0. The SMILES string of the molecule is COc1cc(C2C3=C(CC(C)(C)CC3=O)N(Cc3ccccc3)C3=C2C(=O)CC(C)(C)C3)ccc1OCc1cccc(F)c1. The lowest BCUT2D eigenvalue weighted by atomic mass is 9.63. The summed E-state index contributed by atoms with van der Waals surface area (Å²) in [5.74, 6) is 0.397. The summed E-state index contributed by atoms with van der Waals surface area (Å²) in [7, 11) is 1.58. The highest BCUT2D eigenvalue weighted by atomic mass is 19.1. The first kappa shape index (κ1) is 29.9. The number of halogens is 1. The van der Waals surface area contributed by atoms with Crippen LogP contribution in [0.1, 0.15) is 76.0 Å². The van der Waals surface area contributed by atoms with Gasteiger partial charge < -0.3 is 14.4 Å². The third-order valence-corrected chi connectivity index (χ3v) is 9.01. The number of Topliss-reactive ketones (excluding diaryl/α,β-unsaturated/α-hetero) is 2. The molecule has 0 aromatic heterocycles. The van der Waals surface area contributed by atoms with Gasteiger partial charge in [-0.15, -0.1) is 0 Å². The number of ether oxygens (including phenoxy) is 2. The molecule has 1 heterocycles. The van der Waals surface area contributed by atoms with Crippen LogP contribution in [0.5, 0.6) is 11.5 Å². The highest BCUT2D eigenvalue weighted by molar-refractivity contribution is 6.06. The van der Waals surface area contributed by atoms with E-state index in [1.165, 1.54) is 12.1 Å². The van der Waals surface area contributed by atoms with Crippen molar-refractivity contribution in [3.8, 4) is 11.5 Å². The number of carbonyl (C=O) groups excluding carboxylic acids is 2. The van der Waals surface area contributed by atoms with Crippen LogP contribution >= 0.6 is 0 Å². The smallest absolute Gasteiger partial charge is 0.162 e. The molecule has 228 valence electrons. The largest absolute Gasteiger partial charge is 0.493 e. The fourth-order valence-electron chi connectivity index (χ4n) is 7.11. The average Bonchev–Trinajstić information content (AvgIpc) is 2.96. The first-order valence-electron chi connectivity index (χ1n) is 15.3. The summed E-state index contributed by atoms with van der Waals surface area (Å²) < 4.78 is 25.5. The fraction of sp³-hybridized carbons (Fsp3) is 0.368. The van der Waals surface area contributed by atoms with Crippen molar-refractivity contribution in [1.82, 2.24) is 4.90 Å². The van der Waals surface area contributed by atoms with Gasteiger partial charge >= 0.3 is 0 Å². The van der Waals surface area contributed by atoms with Gasteiger partial charge in [0.15, 0.2) is 23.1 Å². The number of ketones is 2. The Balaban J connectivity index is 1.47. The van der Waals surface area contributed by atoms with Crippen molar-refractivity contribution in [2.75, 3.05) is 7.11 Å². The Morgan fingerprint density at radius 1 is 0.750 bits per heavy atom. The van der Waals surface area contributed by atoms with Crippen molar-refractivity contribution in [2.45, 2.75) is 72.4 Å². The molecule has 6 rings (SSSR count). The van der Waals surface area contributed by atoms with Crippen LogP contribution in [0.15, 0.2) is 95.3 Å². The van der Waals surface area contributed by atoms with Gasteiger partial charge in [0.25, 0.3) is 0 Å². The molecule has 3 aromatic rings. The predicted octanol–water partition coefficient (Wildman–Crippen LogP) is 8.30. The van der Waals surface area contributed by atoms with Crippen LogP contribution in [0.2, 0.25) is 0 Å². The van der Waals surface area contributed by atoms with E-state index in [0.29, 0.717) is 36.4 Å². The van der Waals surface area contributed by atoms with Gasteiger partial charge in [0, 0.05) is 47.8 Å². The van der Waals surface area contributed by atoms with Gasteiger partial charge in [-0.25, -0.2) is 4.39 Å². The summed E-state index contributed by atoms with van der Waals surface area (Å²) in [6.07, 6.45) is 2.34.